The fraction of sp³-hybridized carbons (Fsp3) is 0.909. The Kier molecular flexibility index (Phi) is 7.34. The summed E-state index contributed by atoms with van der Waals surface area (Å²) in [6, 6.07) is -0.140. The first-order chi connectivity index (χ1) is 7.04. The molecule has 0 aromatic carbocycles. The molecule has 0 aliphatic carbocycles. The molecule has 0 aliphatic rings. The van der Waals surface area contributed by atoms with E-state index in [-0.39, 0.29) is 24.5 Å². The lowest BCUT2D eigenvalue weighted by Gasteiger charge is -2.20. The third kappa shape index (κ3) is 5.74. The lowest BCUT2D eigenvalue weighted by molar-refractivity contribution is -0.126. The van der Waals surface area contributed by atoms with Crippen molar-refractivity contribution < 1.29 is 9.90 Å². The van der Waals surface area contributed by atoms with E-state index < -0.39 is 0 Å². The smallest absolute Gasteiger partial charge is 0.224 e. The molecule has 0 radical (unpaired) electrons. The second-order valence-corrected chi connectivity index (χ2v) is 4.36. The molecule has 2 unspecified atom stereocenters. The van der Waals surface area contributed by atoms with Crippen molar-refractivity contribution in [2.45, 2.75) is 39.7 Å². The maximum absolute atomic E-state index is 11.7. The largest absolute Gasteiger partial charge is 0.394 e. The second kappa shape index (κ2) is 7.65. The molecule has 0 aliphatic heterocycles. The van der Waals surface area contributed by atoms with E-state index in [1.807, 2.05) is 6.92 Å². The van der Waals surface area contributed by atoms with E-state index in [0.29, 0.717) is 12.5 Å². The molecule has 4 heteroatoms. The van der Waals surface area contributed by atoms with E-state index in [0.717, 1.165) is 12.8 Å². The number of amides is 1. The zero-order valence-corrected chi connectivity index (χ0v) is 9.99. The molecule has 15 heavy (non-hydrogen) atoms. The number of carbonyl (C=O) groups is 1. The van der Waals surface area contributed by atoms with Gasteiger partial charge in [-0.15, -0.1) is 0 Å². The van der Waals surface area contributed by atoms with E-state index in [1.165, 1.54) is 0 Å². The first-order valence-electron chi connectivity index (χ1n) is 5.66. The molecule has 0 aromatic rings. The fourth-order valence-corrected chi connectivity index (χ4v) is 1.48. The Bertz CT molecular complexity index is 179. The van der Waals surface area contributed by atoms with Crippen LogP contribution < -0.4 is 11.1 Å². The van der Waals surface area contributed by atoms with Crippen LogP contribution in [0.25, 0.3) is 0 Å². The molecular formula is C11H24N2O2. The summed E-state index contributed by atoms with van der Waals surface area (Å²) in [7, 11) is 0. The van der Waals surface area contributed by atoms with Crippen molar-refractivity contribution in [3.05, 3.63) is 0 Å². The Labute approximate surface area is 92.2 Å². The number of hydrogen-bond acceptors (Lipinski definition) is 3. The lowest BCUT2D eigenvalue weighted by Crippen LogP contribution is -2.43. The van der Waals surface area contributed by atoms with Gasteiger partial charge in [0.25, 0.3) is 0 Å². The second-order valence-electron chi connectivity index (χ2n) is 4.36. The number of nitrogens with one attached hydrogen (secondary N) is 1. The van der Waals surface area contributed by atoms with Crippen LogP contribution in [0.5, 0.6) is 0 Å². The summed E-state index contributed by atoms with van der Waals surface area (Å²) in [5, 5.41) is 11.8. The van der Waals surface area contributed by atoms with Gasteiger partial charge in [-0.3, -0.25) is 4.79 Å². The van der Waals surface area contributed by atoms with Crippen LogP contribution in [-0.4, -0.2) is 30.2 Å². The molecule has 90 valence electrons. The van der Waals surface area contributed by atoms with Gasteiger partial charge in [0.15, 0.2) is 0 Å². The quantitative estimate of drug-likeness (QED) is 0.580. The normalized spacial score (nSPS) is 15.1. The number of aliphatic hydroxyl groups is 1. The zero-order chi connectivity index (χ0) is 11.8. The van der Waals surface area contributed by atoms with Crippen molar-refractivity contribution in [1.82, 2.24) is 5.32 Å². The minimum absolute atomic E-state index is 0.0127. The van der Waals surface area contributed by atoms with E-state index in [9.17, 15) is 4.79 Å². The van der Waals surface area contributed by atoms with Gasteiger partial charge in [-0.05, 0) is 18.8 Å². The third-order valence-corrected chi connectivity index (χ3v) is 2.47. The van der Waals surface area contributed by atoms with Gasteiger partial charge in [0.1, 0.15) is 0 Å². The minimum Gasteiger partial charge on any atom is -0.394 e. The summed E-state index contributed by atoms with van der Waals surface area (Å²) < 4.78 is 0. The molecule has 0 saturated carbocycles. The molecule has 0 saturated heterocycles. The number of carbonyl (C=O) groups excluding carboxylic acids is 1. The first-order valence-corrected chi connectivity index (χ1v) is 5.66. The van der Waals surface area contributed by atoms with E-state index >= 15 is 0 Å². The van der Waals surface area contributed by atoms with Crippen LogP contribution in [0.15, 0.2) is 0 Å². The summed E-state index contributed by atoms with van der Waals surface area (Å²) in [6.07, 6.45) is 1.53. The van der Waals surface area contributed by atoms with Gasteiger partial charge >= 0.3 is 0 Å². The molecule has 4 N–H and O–H groups in total. The summed E-state index contributed by atoms with van der Waals surface area (Å²) >= 11 is 0. The van der Waals surface area contributed by atoms with Crippen molar-refractivity contribution in [3.8, 4) is 0 Å². The van der Waals surface area contributed by atoms with Crippen molar-refractivity contribution >= 4 is 5.91 Å². The molecule has 4 nitrogen and oxygen atoms in total. The maximum Gasteiger partial charge on any atom is 0.224 e. The van der Waals surface area contributed by atoms with Crippen molar-refractivity contribution in [2.24, 2.45) is 17.6 Å². The predicted octanol–water partition coefficient (Wildman–Crippen LogP) is 0.494. The highest BCUT2D eigenvalue weighted by Gasteiger charge is 2.20. The molecule has 0 fully saturated rings. The summed E-state index contributed by atoms with van der Waals surface area (Å²) in [4.78, 5) is 11.7. The highest BCUT2D eigenvalue weighted by molar-refractivity contribution is 5.79. The van der Waals surface area contributed by atoms with Gasteiger partial charge in [0.2, 0.25) is 5.91 Å². The zero-order valence-electron chi connectivity index (χ0n) is 9.99. The maximum atomic E-state index is 11.7. The van der Waals surface area contributed by atoms with Crippen LogP contribution in [0.2, 0.25) is 0 Å². The average Bonchev–Trinajstić information content (AvgIpc) is 2.21. The Hall–Kier alpha value is -0.610. The Morgan fingerprint density at radius 3 is 2.40 bits per heavy atom. The lowest BCUT2D eigenvalue weighted by atomic mass is 9.96. The Morgan fingerprint density at radius 1 is 1.47 bits per heavy atom. The average molecular weight is 216 g/mol. The molecule has 1 amide bonds. The molecule has 0 heterocycles. The number of nitrogens with two attached hydrogens (primary N) is 1. The summed E-state index contributed by atoms with van der Waals surface area (Å²) in [5.41, 5.74) is 5.56. The molecule has 0 rings (SSSR count). The molecule has 0 spiro atoms. The van der Waals surface area contributed by atoms with Crippen LogP contribution in [-0.2, 0) is 4.79 Å². The van der Waals surface area contributed by atoms with Gasteiger partial charge in [-0.1, -0.05) is 20.8 Å². The van der Waals surface area contributed by atoms with Gasteiger partial charge in [0, 0.05) is 6.54 Å². The van der Waals surface area contributed by atoms with Crippen LogP contribution in [0, 0.1) is 11.8 Å². The van der Waals surface area contributed by atoms with Crippen LogP contribution in [0.3, 0.4) is 0 Å². The Morgan fingerprint density at radius 2 is 2.07 bits per heavy atom. The standard InChI is InChI=1S/C11H24N2O2/c1-4-10(7-14)13-11(15)9(6-12)5-8(2)3/h8-10,14H,4-7,12H2,1-3H3,(H,13,15). The van der Waals surface area contributed by atoms with Crippen LogP contribution in [0.4, 0.5) is 0 Å². The van der Waals surface area contributed by atoms with E-state index in [1.54, 1.807) is 0 Å². The Balaban J connectivity index is 4.14. The number of aliphatic hydroxyl groups excluding tert-OH is 1. The van der Waals surface area contributed by atoms with Gasteiger partial charge in [-0.2, -0.15) is 0 Å². The third-order valence-electron chi connectivity index (χ3n) is 2.47. The predicted molar refractivity (Wildman–Crippen MR) is 61.3 cm³/mol. The summed E-state index contributed by atoms with van der Waals surface area (Å²) in [6.45, 7) is 6.42. The van der Waals surface area contributed by atoms with Crippen molar-refractivity contribution in [2.75, 3.05) is 13.2 Å². The molecule has 2 atom stereocenters. The molecular weight excluding hydrogens is 192 g/mol. The molecule has 0 bridgehead atoms. The summed E-state index contributed by atoms with van der Waals surface area (Å²) in [5.74, 6) is 0.288. The topological polar surface area (TPSA) is 75.3 Å². The SMILES string of the molecule is CCC(CO)NC(=O)C(CN)CC(C)C. The van der Waals surface area contributed by atoms with Crippen molar-refractivity contribution in [3.63, 3.8) is 0 Å². The van der Waals surface area contributed by atoms with Crippen molar-refractivity contribution in [1.29, 1.82) is 0 Å². The molecule has 0 aromatic heterocycles. The fourth-order valence-electron chi connectivity index (χ4n) is 1.48. The van der Waals surface area contributed by atoms with E-state index in [2.05, 4.69) is 19.2 Å². The van der Waals surface area contributed by atoms with Gasteiger partial charge in [0.05, 0.1) is 18.6 Å². The number of hydrogen-bond donors (Lipinski definition) is 3. The first kappa shape index (κ1) is 14.4. The minimum atomic E-state index is -0.140. The number of rotatable bonds is 7. The monoisotopic (exact) mass is 216 g/mol. The van der Waals surface area contributed by atoms with Crippen LogP contribution in [0.1, 0.15) is 33.6 Å². The van der Waals surface area contributed by atoms with Gasteiger partial charge in [-0.25, -0.2) is 0 Å². The van der Waals surface area contributed by atoms with E-state index in [4.69, 9.17) is 10.8 Å². The van der Waals surface area contributed by atoms with Gasteiger partial charge < -0.3 is 16.2 Å². The highest BCUT2D eigenvalue weighted by atomic mass is 16.3. The van der Waals surface area contributed by atoms with Crippen LogP contribution >= 0.6 is 0 Å². The highest BCUT2D eigenvalue weighted by Crippen LogP contribution is 2.11.